The van der Waals surface area contributed by atoms with E-state index in [1.165, 1.54) is 23.1 Å². The van der Waals surface area contributed by atoms with Gasteiger partial charge in [0.25, 0.3) is 5.69 Å². The number of ether oxygens (including phenoxy) is 1. The molecule has 2 atom stereocenters. The van der Waals surface area contributed by atoms with E-state index in [4.69, 9.17) is 4.74 Å². The largest absolute Gasteiger partial charge is 0.480 e. The monoisotopic (exact) mass is 441 g/mol. The minimum Gasteiger partial charge on any atom is -0.480 e. The summed E-state index contributed by atoms with van der Waals surface area (Å²) in [6.45, 7) is 0.369. The standard InChI is InChI=1S/C22H23N3O7/c26-20(23-17(21(27)28)13-16-9-4-5-10-18(16)25(30)31)19-11-6-12-24(19)22(29)32-14-15-7-2-1-3-8-15/h1-5,7-10,17,19H,6,11-14H2,(H,23,26)(H,27,28)/t17-,19-/m1/s1. The van der Waals surface area contributed by atoms with Crippen LogP contribution in [0.2, 0.25) is 0 Å². The molecular weight excluding hydrogens is 418 g/mol. The van der Waals surface area contributed by atoms with Gasteiger partial charge in [-0.2, -0.15) is 0 Å². The van der Waals surface area contributed by atoms with E-state index in [0.717, 1.165) is 5.56 Å². The lowest BCUT2D eigenvalue weighted by Crippen LogP contribution is -2.51. The van der Waals surface area contributed by atoms with Gasteiger partial charge in [0.05, 0.1) is 4.92 Å². The topological polar surface area (TPSA) is 139 Å². The molecule has 0 saturated carbocycles. The fourth-order valence-electron chi connectivity index (χ4n) is 3.61. The van der Waals surface area contributed by atoms with E-state index in [1.807, 2.05) is 30.3 Å². The van der Waals surface area contributed by atoms with Crippen LogP contribution in [-0.4, -0.2) is 51.5 Å². The Balaban J connectivity index is 1.64. The first-order valence-corrected chi connectivity index (χ1v) is 10.1. The van der Waals surface area contributed by atoms with Gasteiger partial charge in [-0.15, -0.1) is 0 Å². The molecule has 0 spiro atoms. The molecule has 168 valence electrons. The average molecular weight is 441 g/mol. The highest BCUT2D eigenvalue weighted by atomic mass is 16.6. The third-order valence-electron chi connectivity index (χ3n) is 5.22. The molecule has 10 heteroatoms. The van der Waals surface area contributed by atoms with Crippen LogP contribution in [0, 0.1) is 10.1 Å². The van der Waals surface area contributed by atoms with E-state index >= 15 is 0 Å². The van der Waals surface area contributed by atoms with E-state index in [2.05, 4.69) is 5.32 Å². The molecule has 32 heavy (non-hydrogen) atoms. The summed E-state index contributed by atoms with van der Waals surface area (Å²) in [4.78, 5) is 48.9. The fourth-order valence-corrected chi connectivity index (χ4v) is 3.61. The Bertz CT molecular complexity index is 996. The van der Waals surface area contributed by atoms with Crippen molar-refractivity contribution in [2.24, 2.45) is 0 Å². The van der Waals surface area contributed by atoms with E-state index in [-0.39, 0.29) is 24.3 Å². The molecule has 1 heterocycles. The highest BCUT2D eigenvalue weighted by Gasteiger charge is 2.37. The Morgan fingerprint density at radius 3 is 2.53 bits per heavy atom. The van der Waals surface area contributed by atoms with Crippen LogP contribution in [0.4, 0.5) is 10.5 Å². The molecule has 3 rings (SSSR count). The minimum atomic E-state index is -1.38. The van der Waals surface area contributed by atoms with Crippen LogP contribution in [0.25, 0.3) is 0 Å². The summed E-state index contributed by atoms with van der Waals surface area (Å²) in [6.07, 6.45) is 0.0190. The predicted octanol–water partition coefficient (Wildman–Crippen LogP) is 2.51. The van der Waals surface area contributed by atoms with Crippen molar-refractivity contribution < 1.29 is 29.2 Å². The van der Waals surface area contributed by atoms with Crippen molar-refractivity contribution in [1.82, 2.24) is 10.2 Å². The third kappa shape index (κ3) is 5.60. The van der Waals surface area contributed by atoms with Crippen LogP contribution in [0.3, 0.4) is 0 Å². The number of hydrogen-bond acceptors (Lipinski definition) is 6. The van der Waals surface area contributed by atoms with Crippen molar-refractivity contribution in [2.45, 2.75) is 38.0 Å². The van der Waals surface area contributed by atoms with Crippen molar-refractivity contribution in [1.29, 1.82) is 0 Å². The van der Waals surface area contributed by atoms with Crippen molar-refractivity contribution in [3.63, 3.8) is 0 Å². The number of hydrogen-bond donors (Lipinski definition) is 2. The summed E-state index contributed by atoms with van der Waals surface area (Å²) in [5.41, 5.74) is 0.771. The maximum absolute atomic E-state index is 12.8. The zero-order valence-corrected chi connectivity index (χ0v) is 17.2. The van der Waals surface area contributed by atoms with Crippen LogP contribution < -0.4 is 5.32 Å². The maximum atomic E-state index is 12.8. The third-order valence-corrected chi connectivity index (χ3v) is 5.22. The molecule has 1 aliphatic rings. The molecule has 1 saturated heterocycles. The van der Waals surface area contributed by atoms with E-state index in [1.54, 1.807) is 6.07 Å². The fraction of sp³-hybridized carbons (Fsp3) is 0.318. The van der Waals surface area contributed by atoms with Gasteiger partial charge in [-0.05, 0) is 18.4 Å². The zero-order valence-electron chi connectivity index (χ0n) is 17.2. The average Bonchev–Trinajstić information content (AvgIpc) is 3.28. The van der Waals surface area contributed by atoms with Gasteiger partial charge in [-0.25, -0.2) is 9.59 Å². The summed E-state index contributed by atoms with van der Waals surface area (Å²) in [5.74, 6) is -1.96. The normalized spacial score (nSPS) is 16.2. The van der Waals surface area contributed by atoms with Crippen molar-refractivity contribution >= 4 is 23.7 Å². The number of rotatable bonds is 8. The van der Waals surface area contributed by atoms with Crippen molar-refractivity contribution in [3.8, 4) is 0 Å². The SMILES string of the molecule is O=C(N[C@H](Cc1ccccc1[N+](=O)[O-])C(=O)O)[C@H]1CCCN1C(=O)OCc1ccccc1. The van der Waals surface area contributed by atoms with Gasteiger partial charge in [0.1, 0.15) is 18.7 Å². The number of para-hydroxylation sites is 1. The molecule has 0 bridgehead atoms. The summed E-state index contributed by atoms with van der Waals surface area (Å²) in [5, 5.41) is 23.2. The molecule has 1 aliphatic heterocycles. The number of benzene rings is 2. The Morgan fingerprint density at radius 1 is 1.16 bits per heavy atom. The van der Waals surface area contributed by atoms with Crippen LogP contribution >= 0.6 is 0 Å². The Morgan fingerprint density at radius 2 is 1.84 bits per heavy atom. The number of carboxylic acids is 1. The van der Waals surface area contributed by atoms with Crippen LogP contribution in [0.15, 0.2) is 54.6 Å². The quantitative estimate of drug-likeness (QED) is 0.474. The van der Waals surface area contributed by atoms with Crippen molar-refractivity contribution in [2.75, 3.05) is 6.54 Å². The van der Waals surface area contributed by atoms with Gasteiger partial charge in [0.2, 0.25) is 5.91 Å². The molecule has 2 amide bonds. The van der Waals surface area contributed by atoms with Crippen LogP contribution in [0.5, 0.6) is 0 Å². The van der Waals surface area contributed by atoms with Gasteiger partial charge < -0.3 is 15.2 Å². The molecule has 1 fully saturated rings. The van der Waals surface area contributed by atoms with E-state index in [9.17, 15) is 29.6 Å². The second kappa shape index (κ2) is 10.4. The number of nitrogens with one attached hydrogen (secondary N) is 1. The van der Waals surface area contributed by atoms with Gasteiger partial charge in [-0.3, -0.25) is 19.8 Å². The van der Waals surface area contributed by atoms with Crippen molar-refractivity contribution in [3.05, 3.63) is 75.8 Å². The summed E-state index contributed by atoms with van der Waals surface area (Å²) < 4.78 is 5.30. The lowest BCUT2D eigenvalue weighted by Gasteiger charge is -2.25. The molecule has 2 aromatic rings. The highest BCUT2D eigenvalue weighted by molar-refractivity contribution is 5.89. The Hall–Kier alpha value is -3.95. The number of nitrogens with zero attached hydrogens (tertiary/aromatic N) is 2. The van der Waals surface area contributed by atoms with Crippen LogP contribution in [-0.2, 0) is 27.4 Å². The molecule has 10 nitrogen and oxygen atoms in total. The summed E-state index contributed by atoms with van der Waals surface area (Å²) in [6, 6.07) is 12.6. The number of carbonyl (C=O) groups excluding carboxylic acids is 2. The molecule has 0 aromatic heterocycles. The lowest BCUT2D eigenvalue weighted by atomic mass is 10.0. The first-order chi connectivity index (χ1) is 15.4. The first-order valence-electron chi connectivity index (χ1n) is 10.1. The summed E-state index contributed by atoms with van der Waals surface area (Å²) >= 11 is 0. The molecular formula is C22H23N3O7. The minimum absolute atomic E-state index is 0.0555. The molecule has 0 radical (unpaired) electrons. The first kappa shape index (κ1) is 22.7. The molecule has 0 unspecified atom stereocenters. The number of amides is 2. The number of nitro benzene ring substituents is 1. The molecule has 2 N–H and O–H groups in total. The highest BCUT2D eigenvalue weighted by Crippen LogP contribution is 2.21. The van der Waals surface area contributed by atoms with Gasteiger partial charge in [0.15, 0.2) is 0 Å². The maximum Gasteiger partial charge on any atom is 0.410 e. The van der Waals surface area contributed by atoms with Gasteiger partial charge in [-0.1, -0.05) is 48.5 Å². The van der Waals surface area contributed by atoms with E-state index in [0.29, 0.717) is 19.4 Å². The number of aliphatic carboxylic acids is 1. The van der Waals surface area contributed by atoms with E-state index < -0.39 is 35.0 Å². The number of carboxylic acid groups (broad SMARTS) is 1. The van der Waals surface area contributed by atoms with Gasteiger partial charge in [0, 0.05) is 24.6 Å². The predicted molar refractivity (Wildman–Crippen MR) is 113 cm³/mol. The number of likely N-dealkylation sites (tertiary alicyclic amines) is 1. The Kier molecular flexibility index (Phi) is 7.37. The number of nitro groups is 1. The Labute approximate surface area is 183 Å². The summed E-state index contributed by atoms with van der Waals surface area (Å²) in [7, 11) is 0. The lowest BCUT2D eigenvalue weighted by molar-refractivity contribution is -0.385. The second-order valence-electron chi connectivity index (χ2n) is 7.38. The smallest absolute Gasteiger partial charge is 0.410 e. The second-order valence-corrected chi connectivity index (χ2v) is 7.38. The number of carbonyl (C=O) groups is 3. The van der Waals surface area contributed by atoms with Crippen LogP contribution in [0.1, 0.15) is 24.0 Å². The zero-order chi connectivity index (χ0) is 23.1. The molecule has 2 aromatic carbocycles. The molecule has 0 aliphatic carbocycles. The van der Waals surface area contributed by atoms with Gasteiger partial charge >= 0.3 is 12.1 Å².